The van der Waals surface area contributed by atoms with Gasteiger partial charge < -0.3 is 5.11 Å². The normalized spacial score (nSPS) is 9.33. The topological polar surface area (TPSA) is 37.3 Å². The fourth-order valence-corrected chi connectivity index (χ4v) is 1.12. The van der Waals surface area contributed by atoms with E-state index >= 15 is 0 Å². The highest BCUT2D eigenvalue weighted by molar-refractivity contribution is 7.08. The quantitative estimate of drug-likeness (QED) is 0.675. The fourth-order valence-electron chi connectivity index (χ4n) is 0.500. The first-order valence-electron chi connectivity index (χ1n) is 2.39. The average Bonchev–Trinajstić information content (AvgIpc) is 2.15. The van der Waals surface area contributed by atoms with Gasteiger partial charge >= 0.3 is 5.97 Å². The number of carboxylic acid groups (broad SMARTS) is 1. The molecule has 47 valence electrons. The highest BCUT2D eigenvalue weighted by atomic mass is 32.1. The molecule has 0 spiro atoms. The summed E-state index contributed by atoms with van der Waals surface area (Å²) in [5.74, 6) is -0.895. The molecular formula is C6H5O2S. The Labute approximate surface area is 56.8 Å². The van der Waals surface area contributed by atoms with Gasteiger partial charge in [-0.1, -0.05) is 0 Å². The van der Waals surface area contributed by atoms with Crippen LogP contribution in [0.3, 0.4) is 0 Å². The lowest BCUT2D eigenvalue weighted by Crippen LogP contribution is -1.94. The number of hydrogen-bond acceptors (Lipinski definition) is 2. The Kier molecular flexibility index (Phi) is 1.85. The molecule has 0 saturated heterocycles. The Morgan fingerprint density at radius 2 is 2.56 bits per heavy atom. The molecule has 0 aromatic carbocycles. The maximum absolute atomic E-state index is 10.0. The van der Waals surface area contributed by atoms with Gasteiger partial charge in [0, 0.05) is 0 Å². The molecule has 1 aromatic rings. The van der Waals surface area contributed by atoms with E-state index in [0.29, 0.717) is 0 Å². The van der Waals surface area contributed by atoms with Gasteiger partial charge in [0.2, 0.25) is 0 Å². The van der Waals surface area contributed by atoms with E-state index in [9.17, 15) is 4.79 Å². The zero-order valence-electron chi connectivity index (χ0n) is 4.57. The minimum Gasteiger partial charge on any atom is -0.481 e. The van der Waals surface area contributed by atoms with Gasteiger partial charge in [-0.15, -0.1) is 0 Å². The first kappa shape index (κ1) is 6.29. The van der Waals surface area contributed by atoms with E-state index in [4.69, 9.17) is 5.11 Å². The van der Waals surface area contributed by atoms with Crippen LogP contribution in [0.15, 0.2) is 16.8 Å². The minimum absolute atomic E-state index is 0.757. The second-order valence-electron chi connectivity index (χ2n) is 1.54. The predicted octanol–water partition coefficient (Wildman–Crippen LogP) is 1.39. The molecule has 0 bridgehead atoms. The standard InChI is InChI=1S/C6H5O2S/c7-6(8)3-5-1-2-9-4-5/h1-4H,(H,7,8). The van der Waals surface area contributed by atoms with Crippen molar-refractivity contribution in [2.75, 3.05) is 0 Å². The van der Waals surface area contributed by atoms with E-state index in [0.717, 1.165) is 5.56 Å². The van der Waals surface area contributed by atoms with Crippen molar-refractivity contribution < 1.29 is 9.90 Å². The molecule has 0 aliphatic carbocycles. The van der Waals surface area contributed by atoms with Crippen molar-refractivity contribution in [1.82, 2.24) is 0 Å². The predicted molar refractivity (Wildman–Crippen MR) is 35.4 cm³/mol. The van der Waals surface area contributed by atoms with E-state index in [1.807, 2.05) is 5.38 Å². The molecule has 1 radical (unpaired) electrons. The van der Waals surface area contributed by atoms with E-state index in [1.165, 1.54) is 17.8 Å². The summed E-state index contributed by atoms with van der Waals surface area (Å²) < 4.78 is 0. The van der Waals surface area contributed by atoms with Crippen LogP contribution in [0.1, 0.15) is 5.56 Å². The van der Waals surface area contributed by atoms with Gasteiger partial charge in [-0.2, -0.15) is 11.3 Å². The highest BCUT2D eigenvalue weighted by Gasteiger charge is 1.98. The molecule has 3 heteroatoms. The molecule has 2 nitrogen and oxygen atoms in total. The summed E-state index contributed by atoms with van der Waals surface area (Å²) >= 11 is 1.49. The lowest BCUT2D eigenvalue weighted by atomic mass is 10.2. The Morgan fingerprint density at radius 1 is 1.78 bits per heavy atom. The van der Waals surface area contributed by atoms with Crippen LogP contribution < -0.4 is 0 Å². The monoisotopic (exact) mass is 141 g/mol. The fraction of sp³-hybridized carbons (Fsp3) is 0. The summed E-state index contributed by atoms with van der Waals surface area (Å²) in [6.07, 6.45) is 1.18. The summed E-state index contributed by atoms with van der Waals surface area (Å²) in [7, 11) is 0. The van der Waals surface area contributed by atoms with Crippen molar-refractivity contribution in [3.8, 4) is 0 Å². The van der Waals surface area contributed by atoms with Crippen LogP contribution in [0.2, 0.25) is 0 Å². The SMILES string of the molecule is O=C(O)[CH]c1ccsc1. The maximum Gasteiger partial charge on any atom is 0.312 e. The van der Waals surface area contributed by atoms with Crippen molar-refractivity contribution in [3.63, 3.8) is 0 Å². The van der Waals surface area contributed by atoms with Gasteiger partial charge in [0.1, 0.15) is 0 Å². The molecule has 0 saturated carbocycles. The molecule has 0 fully saturated rings. The van der Waals surface area contributed by atoms with Crippen molar-refractivity contribution in [1.29, 1.82) is 0 Å². The molecule has 0 unspecified atom stereocenters. The van der Waals surface area contributed by atoms with E-state index in [-0.39, 0.29) is 0 Å². The molecule has 0 atom stereocenters. The lowest BCUT2D eigenvalue weighted by molar-refractivity contribution is -0.132. The molecule has 0 aliphatic rings. The summed E-state index contributed by atoms with van der Waals surface area (Å²) in [6, 6.07) is 1.76. The Balaban J connectivity index is 2.58. The molecule has 1 heterocycles. The second-order valence-corrected chi connectivity index (χ2v) is 2.32. The Hall–Kier alpha value is -0.830. The average molecular weight is 141 g/mol. The van der Waals surface area contributed by atoms with E-state index in [2.05, 4.69) is 0 Å². The van der Waals surface area contributed by atoms with Crippen LogP contribution in [0.4, 0.5) is 0 Å². The van der Waals surface area contributed by atoms with Crippen molar-refractivity contribution in [2.24, 2.45) is 0 Å². The van der Waals surface area contributed by atoms with Gasteiger partial charge in [0.15, 0.2) is 0 Å². The Bertz CT molecular complexity index is 191. The number of hydrogen-bond donors (Lipinski definition) is 1. The van der Waals surface area contributed by atoms with Gasteiger partial charge in [0.25, 0.3) is 0 Å². The lowest BCUT2D eigenvalue weighted by Gasteiger charge is -1.84. The summed E-state index contributed by atoms with van der Waals surface area (Å²) in [5.41, 5.74) is 0.757. The number of carbonyl (C=O) groups is 1. The highest BCUT2D eigenvalue weighted by Crippen LogP contribution is 2.07. The van der Waals surface area contributed by atoms with Crippen molar-refractivity contribution in [3.05, 3.63) is 28.8 Å². The molecule has 1 aromatic heterocycles. The molecule has 0 amide bonds. The smallest absolute Gasteiger partial charge is 0.312 e. The van der Waals surface area contributed by atoms with Crippen LogP contribution in [-0.4, -0.2) is 11.1 Å². The molecule has 1 N–H and O–H groups in total. The number of thiophene rings is 1. The van der Waals surface area contributed by atoms with Gasteiger partial charge in [-0.25, -0.2) is 0 Å². The Morgan fingerprint density at radius 3 is 3.00 bits per heavy atom. The molecule has 0 aliphatic heterocycles. The summed E-state index contributed by atoms with van der Waals surface area (Å²) in [6.45, 7) is 0. The molecular weight excluding hydrogens is 136 g/mol. The van der Waals surface area contributed by atoms with Crippen molar-refractivity contribution in [2.45, 2.75) is 0 Å². The minimum atomic E-state index is -0.895. The number of aliphatic carboxylic acids is 1. The largest absolute Gasteiger partial charge is 0.481 e. The van der Waals surface area contributed by atoms with Crippen LogP contribution in [0.25, 0.3) is 0 Å². The molecule has 1 rings (SSSR count). The third-order valence-corrected chi connectivity index (χ3v) is 1.53. The van der Waals surface area contributed by atoms with Crippen LogP contribution in [-0.2, 0) is 4.79 Å². The zero-order chi connectivity index (χ0) is 6.69. The van der Waals surface area contributed by atoms with Crippen LogP contribution in [0.5, 0.6) is 0 Å². The van der Waals surface area contributed by atoms with Crippen LogP contribution in [0, 0.1) is 6.42 Å². The summed E-state index contributed by atoms with van der Waals surface area (Å²) in [5, 5.41) is 11.9. The summed E-state index contributed by atoms with van der Waals surface area (Å²) in [4.78, 5) is 10.0. The first-order chi connectivity index (χ1) is 4.29. The zero-order valence-corrected chi connectivity index (χ0v) is 5.39. The maximum atomic E-state index is 10.0. The number of rotatable bonds is 2. The van der Waals surface area contributed by atoms with E-state index in [1.54, 1.807) is 11.4 Å². The second kappa shape index (κ2) is 2.64. The third kappa shape index (κ3) is 1.85. The van der Waals surface area contributed by atoms with Gasteiger partial charge in [-0.05, 0) is 22.4 Å². The van der Waals surface area contributed by atoms with Crippen LogP contribution >= 0.6 is 11.3 Å². The number of carboxylic acids is 1. The third-order valence-electron chi connectivity index (χ3n) is 0.833. The van der Waals surface area contributed by atoms with Gasteiger partial charge in [0.05, 0.1) is 6.42 Å². The molecule has 9 heavy (non-hydrogen) atoms. The van der Waals surface area contributed by atoms with Gasteiger partial charge in [-0.3, -0.25) is 4.79 Å². The van der Waals surface area contributed by atoms with Crippen molar-refractivity contribution >= 4 is 17.3 Å². The first-order valence-corrected chi connectivity index (χ1v) is 3.33. The van der Waals surface area contributed by atoms with E-state index < -0.39 is 5.97 Å².